The molecule has 0 saturated carbocycles. The number of ether oxygens (including phenoxy) is 4. The van der Waals surface area contributed by atoms with Crippen LogP contribution in [0.3, 0.4) is 0 Å². The lowest BCUT2D eigenvalue weighted by Gasteiger charge is -2.37. The van der Waals surface area contributed by atoms with E-state index in [-0.39, 0.29) is 6.61 Å². The van der Waals surface area contributed by atoms with Crippen molar-refractivity contribution in [3.63, 3.8) is 0 Å². The number of hydrogen-bond acceptors (Lipinski definition) is 8. The summed E-state index contributed by atoms with van der Waals surface area (Å²) in [6.45, 7) is 3.31. The van der Waals surface area contributed by atoms with Gasteiger partial charge in [-0.05, 0) is 0 Å². The van der Waals surface area contributed by atoms with Gasteiger partial charge < -0.3 is 24.1 Å². The Bertz CT molecular complexity index is 366. The number of rotatable bonds is 3. The van der Waals surface area contributed by atoms with Crippen LogP contribution in [0.5, 0.6) is 0 Å². The van der Waals surface area contributed by atoms with Crippen molar-refractivity contribution in [1.82, 2.24) is 0 Å². The van der Waals surface area contributed by atoms with E-state index in [9.17, 15) is 19.5 Å². The van der Waals surface area contributed by atoms with Gasteiger partial charge in [0.2, 0.25) is 6.29 Å². The molecule has 0 bridgehead atoms. The Morgan fingerprint density at radius 2 is 1.53 bits per heavy atom. The van der Waals surface area contributed by atoms with E-state index in [0.29, 0.717) is 0 Å². The van der Waals surface area contributed by atoms with Crippen LogP contribution in [0.2, 0.25) is 0 Å². The summed E-state index contributed by atoms with van der Waals surface area (Å²) in [6.07, 6.45) is -4.82. The molecule has 1 rings (SSSR count). The van der Waals surface area contributed by atoms with Gasteiger partial charge in [0.15, 0.2) is 18.3 Å². The van der Waals surface area contributed by atoms with E-state index in [0.717, 1.165) is 13.8 Å². The molecule has 0 aromatic rings. The van der Waals surface area contributed by atoms with Crippen molar-refractivity contribution in [3.05, 3.63) is 0 Å². The van der Waals surface area contributed by atoms with Crippen molar-refractivity contribution in [2.75, 3.05) is 6.61 Å². The van der Waals surface area contributed by atoms with Crippen molar-refractivity contribution >= 4 is 17.9 Å². The maximum atomic E-state index is 11.0. The summed E-state index contributed by atoms with van der Waals surface area (Å²) in [7, 11) is 0. The molecule has 0 unspecified atom stereocenters. The third kappa shape index (κ3) is 4.49. The van der Waals surface area contributed by atoms with Gasteiger partial charge in [-0.3, -0.25) is 14.4 Å². The van der Waals surface area contributed by atoms with Crippen LogP contribution in [0.4, 0.5) is 0 Å². The van der Waals surface area contributed by atoms with Gasteiger partial charge in [-0.25, -0.2) is 0 Å². The van der Waals surface area contributed by atoms with Crippen LogP contribution in [0, 0.1) is 0 Å². The van der Waals surface area contributed by atoms with E-state index >= 15 is 0 Å². The van der Waals surface area contributed by atoms with Gasteiger partial charge in [0.05, 0.1) is 6.61 Å². The van der Waals surface area contributed by atoms with Gasteiger partial charge in [-0.2, -0.15) is 0 Å². The third-order valence-electron chi connectivity index (χ3n) is 2.31. The second-order valence-corrected chi connectivity index (χ2v) is 4.02. The van der Waals surface area contributed by atoms with E-state index in [2.05, 4.69) is 0 Å². The largest absolute Gasteiger partial charge is 0.456 e. The fraction of sp³-hybridized carbons (Fsp3) is 0.727. The van der Waals surface area contributed by atoms with Crippen LogP contribution in [0.25, 0.3) is 0 Å². The van der Waals surface area contributed by atoms with E-state index in [4.69, 9.17) is 18.9 Å². The zero-order chi connectivity index (χ0) is 14.6. The molecule has 8 heteroatoms. The Hall–Kier alpha value is -1.67. The second-order valence-electron chi connectivity index (χ2n) is 4.02. The first kappa shape index (κ1) is 15.4. The van der Waals surface area contributed by atoms with Gasteiger partial charge >= 0.3 is 17.9 Å². The zero-order valence-corrected chi connectivity index (χ0v) is 10.8. The molecule has 0 radical (unpaired) electrons. The fourth-order valence-electron chi connectivity index (χ4n) is 1.68. The van der Waals surface area contributed by atoms with Crippen molar-refractivity contribution < 1.29 is 38.4 Å². The summed E-state index contributed by atoms with van der Waals surface area (Å²) in [5, 5.41) is 9.94. The van der Waals surface area contributed by atoms with Crippen LogP contribution in [0.1, 0.15) is 20.8 Å². The average molecular weight is 276 g/mol. The highest BCUT2D eigenvalue weighted by atomic mass is 16.7. The van der Waals surface area contributed by atoms with E-state index in [1.165, 1.54) is 6.92 Å². The Labute approximate surface area is 109 Å². The van der Waals surface area contributed by atoms with Gasteiger partial charge in [0.1, 0.15) is 0 Å². The Morgan fingerprint density at radius 3 is 2.00 bits per heavy atom. The summed E-state index contributed by atoms with van der Waals surface area (Å²) in [5.41, 5.74) is 0. The zero-order valence-electron chi connectivity index (χ0n) is 10.8. The lowest BCUT2D eigenvalue weighted by atomic mass is 10.0. The second kappa shape index (κ2) is 6.48. The molecule has 8 nitrogen and oxygen atoms in total. The van der Waals surface area contributed by atoms with Crippen LogP contribution >= 0.6 is 0 Å². The molecule has 4 atom stereocenters. The molecule has 19 heavy (non-hydrogen) atoms. The van der Waals surface area contributed by atoms with Crippen molar-refractivity contribution in [2.45, 2.75) is 45.4 Å². The van der Waals surface area contributed by atoms with Crippen molar-refractivity contribution in [2.24, 2.45) is 0 Å². The minimum Gasteiger partial charge on any atom is -0.456 e. The first-order valence-corrected chi connectivity index (χ1v) is 5.62. The third-order valence-corrected chi connectivity index (χ3v) is 2.31. The molecule has 0 aromatic carbocycles. The summed E-state index contributed by atoms with van der Waals surface area (Å²) in [4.78, 5) is 32.8. The Kier molecular flexibility index (Phi) is 5.25. The predicted molar refractivity (Wildman–Crippen MR) is 58.6 cm³/mol. The quantitative estimate of drug-likeness (QED) is 0.523. The molecule has 0 aromatic heterocycles. The molecule has 1 heterocycles. The minimum absolute atomic E-state index is 0.160. The van der Waals surface area contributed by atoms with Crippen molar-refractivity contribution in [3.8, 4) is 0 Å². The summed E-state index contributed by atoms with van der Waals surface area (Å²) >= 11 is 0. The van der Waals surface area contributed by atoms with Crippen LogP contribution < -0.4 is 0 Å². The molecular formula is C11H16O8. The van der Waals surface area contributed by atoms with Gasteiger partial charge in [0.25, 0.3) is 0 Å². The highest BCUT2D eigenvalue weighted by Crippen LogP contribution is 2.22. The molecule has 0 spiro atoms. The highest BCUT2D eigenvalue weighted by Gasteiger charge is 2.45. The Balaban J connectivity index is 2.79. The van der Waals surface area contributed by atoms with Gasteiger partial charge in [-0.1, -0.05) is 0 Å². The van der Waals surface area contributed by atoms with Crippen LogP contribution in [-0.2, 0) is 33.3 Å². The number of esters is 3. The molecular weight excluding hydrogens is 260 g/mol. The van der Waals surface area contributed by atoms with E-state index in [1.54, 1.807) is 0 Å². The van der Waals surface area contributed by atoms with Crippen molar-refractivity contribution in [1.29, 1.82) is 0 Å². The molecule has 1 N–H and O–H groups in total. The molecule has 0 aliphatic carbocycles. The van der Waals surface area contributed by atoms with Gasteiger partial charge in [0, 0.05) is 20.8 Å². The fourth-order valence-corrected chi connectivity index (χ4v) is 1.68. The molecule has 1 aliphatic rings. The lowest BCUT2D eigenvalue weighted by Crippen LogP contribution is -2.56. The maximum absolute atomic E-state index is 11.0. The smallest absolute Gasteiger partial charge is 0.305 e. The number of aliphatic hydroxyl groups is 1. The van der Waals surface area contributed by atoms with Gasteiger partial charge in [-0.15, -0.1) is 0 Å². The molecule has 1 saturated heterocycles. The standard InChI is InChI=1S/C11H16O8/c1-5(12)17-8-4-16-11(19-7(3)14)9(15)10(8)18-6(2)13/h8-11,15H,4H2,1-3H3/t8-,9-,10-,11-/m1/s1. The first-order valence-electron chi connectivity index (χ1n) is 5.62. The lowest BCUT2D eigenvalue weighted by molar-refractivity contribution is -0.269. The normalized spacial score (nSPS) is 30.3. The summed E-state index contributed by atoms with van der Waals surface area (Å²) in [6, 6.07) is 0. The number of aliphatic hydroxyl groups excluding tert-OH is 1. The monoisotopic (exact) mass is 276 g/mol. The van der Waals surface area contributed by atoms with E-state index in [1.807, 2.05) is 0 Å². The number of carbonyl (C=O) groups is 3. The first-order chi connectivity index (χ1) is 8.81. The highest BCUT2D eigenvalue weighted by molar-refractivity contribution is 5.67. The Morgan fingerprint density at radius 1 is 1.00 bits per heavy atom. The topological polar surface area (TPSA) is 108 Å². The average Bonchev–Trinajstić information content (AvgIpc) is 2.26. The van der Waals surface area contributed by atoms with E-state index < -0.39 is 42.5 Å². The summed E-state index contributed by atoms with van der Waals surface area (Å²) < 4.78 is 19.6. The van der Waals surface area contributed by atoms with Crippen LogP contribution in [-0.4, -0.2) is 54.2 Å². The van der Waals surface area contributed by atoms with Crippen LogP contribution in [0.15, 0.2) is 0 Å². The molecule has 108 valence electrons. The molecule has 1 fully saturated rings. The maximum Gasteiger partial charge on any atom is 0.305 e. The number of carbonyl (C=O) groups excluding carboxylic acids is 3. The number of hydrogen-bond donors (Lipinski definition) is 1. The minimum atomic E-state index is -1.44. The molecule has 0 amide bonds. The molecule has 1 aliphatic heterocycles. The predicted octanol–water partition coefficient (Wildman–Crippen LogP) is -0.870. The SMILES string of the molecule is CC(=O)O[C@H]1OC[C@@H](OC(C)=O)[C@@H](OC(C)=O)[C@H]1O. The summed E-state index contributed by atoms with van der Waals surface area (Å²) in [5.74, 6) is -1.93.